The molecule has 0 fully saturated rings. The molecule has 0 spiro atoms. The van der Waals surface area contributed by atoms with E-state index in [9.17, 15) is 19.8 Å². The Morgan fingerprint density at radius 3 is 2.71 bits per heavy atom. The number of likely N-dealkylation sites (N-methyl/N-ethyl adjacent to an activating group) is 1. The van der Waals surface area contributed by atoms with Gasteiger partial charge in [-0.05, 0) is 56.0 Å². The number of carbonyl (C=O) groups is 2. The zero-order chi connectivity index (χ0) is 27.2. The number of rotatable bonds is 8. The predicted octanol–water partition coefficient (Wildman–Crippen LogP) is 4.07. The number of ether oxygens (including phenoxy) is 2. The lowest BCUT2D eigenvalue weighted by Crippen LogP contribution is -2.30. The van der Waals surface area contributed by atoms with Crippen LogP contribution in [0.5, 0.6) is 11.5 Å². The second-order valence-corrected chi connectivity index (χ2v) is 9.48. The van der Waals surface area contributed by atoms with Crippen LogP contribution in [0, 0.1) is 11.8 Å². The van der Waals surface area contributed by atoms with E-state index in [0.717, 1.165) is 15.3 Å². The van der Waals surface area contributed by atoms with Crippen molar-refractivity contribution >= 4 is 28.8 Å². The lowest BCUT2D eigenvalue weighted by molar-refractivity contribution is -0.132. The maximum absolute atomic E-state index is 11.8. The normalized spacial score (nSPS) is 16.6. The number of dihydropyridines is 1. The highest BCUT2D eigenvalue weighted by Gasteiger charge is 2.25. The Labute approximate surface area is 224 Å². The minimum atomic E-state index is -1.08. The molecule has 0 amide bonds. The van der Waals surface area contributed by atoms with Gasteiger partial charge in [-0.3, -0.25) is 4.98 Å². The molecule has 1 atom stereocenters. The van der Waals surface area contributed by atoms with Crippen LogP contribution in [0.2, 0.25) is 0 Å². The summed E-state index contributed by atoms with van der Waals surface area (Å²) in [5.74, 6) is 5.24. The lowest BCUT2D eigenvalue weighted by Gasteiger charge is -2.26. The summed E-state index contributed by atoms with van der Waals surface area (Å²) in [5.41, 5.74) is 2.19. The number of fused-ring (bicyclic) bond motifs is 1. The number of aromatic carboxylic acids is 1. The van der Waals surface area contributed by atoms with Crippen molar-refractivity contribution in [3.63, 3.8) is 0 Å². The van der Waals surface area contributed by atoms with E-state index in [1.54, 1.807) is 13.0 Å². The van der Waals surface area contributed by atoms with Gasteiger partial charge in [-0.15, -0.1) is 17.3 Å². The second kappa shape index (κ2) is 11.7. The van der Waals surface area contributed by atoms with Gasteiger partial charge in [-0.25, -0.2) is 9.59 Å². The van der Waals surface area contributed by atoms with E-state index >= 15 is 0 Å². The van der Waals surface area contributed by atoms with Crippen LogP contribution in [-0.2, 0) is 4.79 Å². The smallest absolute Gasteiger partial charge is 0.335 e. The fraction of sp³-hybridized carbons (Fsp3) is 0.250. The van der Waals surface area contributed by atoms with Gasteiger partial charge in [-0.1, -0.05) is 12.0 Å². The van der Waals surface area contributed by atoms with Crippen molar-refractivity contribution in [2.24, 2.45) is 0 Å². The molecule has 4 rings (SSSR count). The van der Waals surface area contributed by atoms with E-state index in [0.29, 0.717) is 42.6 Å². The minimum absolute atomic E-state index is 0.0790. The van der Waals surface area contributed by atoms with Gasteiger partial charge in [0.15, 0.2) is 11.5 Å². The predicted molar refractivity (Wildman–Crippen MR) is 144 cm³/mol. The molecule has 4 heterocycles. The van der Waals surface area contributed by atoms with Crippen LogP contribution in [0.15, 0.2) is 60.1 Å². The summed E-state index contributed by atoms with van der Waals surface area (Å²) in [4.78, 5) is 31.1. The van der Waals surface area contributed by atoms with Gasteiger partial charge >= 0.3 is 11.9 Å². The number of hydrogen-bond acceptors (Lipinski definition) is 8. The largest absolute Gasteiger partial charge is 0.485 e. The van der Waals surface area contributed by atoms with Crippen LogP contribution in [0.3, 0.4) is 0 Å². The Morgan fingerprint density at radius 2 is 2.03 bits per heavy atom. The van der Waals surface area contributed by atoms with E-state index in [4.69, 9.17) is 9.47 Å². The second-order valence-electron chi connectivity index (χ2n) is 8.46. The number of nitrogens with zero attached hydrogens (tertiary/aromatic N) is 2. The molecule has 0 saturated heterocycles. The number of carboxylic acid groups (broad SMARTS) is 2. The third-order valence-electron chi connectivity index (χ3n) is 5.75. The SMILES string of the molecule is CC#Cc1sc(C(/C=C\N(C)CC2=CC(C(=O)O)=CC(c3cc(C(=O)O)ccn3)N2)=C/C)c2c1OCCO2. The summed E-state index contributed by atoms with van der Waals surface area (Å²) in [6.45, 7) is 5.06. The first-order valence-corrected chi connectivity index (χ1v) is 12.6. The van der Waals surface area contributed by atoms with Gasteiger partial charge < -0.3 is 29.9 Å². The van der Waals surface area contributed by atoms with Crippen molar-refractivity contribution in [3.8, 4) is 23.3 Å². The molecule has 0 bridgehead atoms. The molecular weight excluding hydrogens is 506 g/mol. The zero-order valence-corrected chi connectivity index (χ0v) is 22.0. The Morgan fingerprint density at radius 1 is 1.26 bits per heavy atom. The molecule has 2 aliphatic rings. The number of hydrogen-bond donors (Lipinski definition) is 3. The van der Waals surface area contributed by atoms with Crippen LogP contribution in [0.25, 0.3) is 5.57 Å². The number of pyridine rings is 1. The molecule has 0 aliphatic carbocycles. The number of carboxylic acids is 2. The summed E-state index contributed by atoms with van der Waals surface area (Å²) >= 11 is 1.52. The summed E-state index contributed by atoms with van der Waals surface area (Å²) in [7, 11) is 1.88. The van der Waals surface area contributed by atoms with E-state index in [1.165, 1.54) is 35.7 Å². The van der Waals surface area contributed by atoms with Gasteiger partial charge in [0, 0.05) is 18.9 Å². The number of nitrogens with one attached hydrogen (secondary N) is 1. The monoisotopic (exact) mass is 533 g/mol. The molecule has 1 unspecified atom stereocenters. The van der Waals surface area contributed by atoms with Crippen molar-refractivity contribution in [1.29, 1.82) is 0 Å². The maximum Gasteiger partial charge on any atom is 0.335 e. The highest BCUT2D eigenvalue weighted by atomic mass is 32.1. The Hall–Kier alpha value is -4.49. The molecule has 3 N–H and O–H groups in total. The van der Waals surface area contributed by atoms with Crippen molar-refractivity contribution in [2.75, 3.05) is 26.8 Å². The first kappa shape index (κ1) is 26.6. The molecule has 38 heavy (non-hydrogen) atoms. The Balaban J connectivity index is 1.53. The first-order chi connectivity index (χ1) is 18.3. The molecule has 2 aromatic heterocycles. The molecule has 2 aliphatic heterocycles. The summed E-state index contributed by atoms with van der Waals surface area (Å²) in [6, 6.07) is 2.24. The van der Waals surface area contributed by atoms with Gasteiger partial charge in [0.1, 0.15) is 18.1 Å². The molecule has 0 saturated carbocycles. The third kappa shape index (κ3) is 5.90. The quantitative estimate of drug-likeness (QED) is 0.341. The highest BCUT2D eigenvalue weighted by Crippen LogP contribution is 2.47. The van der Waals surface area contributed by atoms with Crippen LogP contribution < -0.4 is 14.8 Å². The van der Waals surface area contributed by atoms with Crippen LogP contribution >= 0.6 is 11.3 Å². The number of allylic oxidation sites excluding steroid dienone is 3. The summed E-state index contributed by atoms with van der Waals surface area (Å²) in [5, 5.41) is 22.2. The molecule has 0 radical (unpaired) electrons. The summed E-state index contributed by atoms with van der Waals surface area (Å²) < 4.78 is 11.7. The van der Waals surface area contributed by atoms with Gasteiger partial charge in [-0.2, -0.15) is 0 Å². The first-order valence-electron chi connectivity index (χ1n) is 11.8. The van der Waals surface area contributed by atoms with Crippen LogP contribution in [0.4, 0.5) is 0 Å². The van der Waals surface area contributed by atoms with E-state index in [2.05, 4.69) is 22.1 Å². The number of thiophene rings is 1. The Kier molecular flexibility index (Phi) is 8.19. The van der Waals surface area contributed by atoms with E-state index in [-0.39, 0.29) is 11.1 Å². The molecule has 196 valence electrons. The number of aromatic nitrogens is 1. The van der Waals surface area contributed by atoms with Gasteiger partial charge in [0.2, 0.25) is 0 Å². The Bertz CT molecular complexity index is 1440. The van der Waals surface area contributed by atoms with Crippen molar-refractivity contribution < 1.29 is 29.3 Å². The molecule has 10 heteroatoms. The fourth-order valence-electron chi connectivity index (χ4n) is 4.00. The van der Waals surface area contributed by atoms with E-state index < -0.39 is 18.0 Å². The highest BCUT2D eigenvalue weighted by molar-refractivity contribution is 7.14. The maximum atomic E-state index is 11.8. The fourth-order valence-corrected chi connectivity index (χ4v) is 5.15. The van der Waals surface area contributed by atoms with Gasteiger partial charge in [0.25, 0.3) is 0 Å². The summed E-state index contributed by atoms with van der Waals surface area (Å²) in [6.07, 6.45) is 10.3. The van der Waals surface area contributed by atoms with E-state index in [1.807, 2.05) is 37.2 Å². The molecular formula is C28H27N3O6S. The molecule has 2 aromatic rings. The third-order valence-corrected chi connectivity index (χ3v) is 6.87. The van der Waals surface area contributed by atoms with Crippen LogP contribution in [-0.4, -0.2) is 58.8 Å². The van der Waals surface area contributed by atoms with Crippen LogP contribution in [0.1, 0.15) is 45.7 Å². The molecule has 0 aromatic carbocycles. The van der Waals surface area contributed by atoms with Crippen molar-refractivity contribution in [3.05, 3.63) is 81.1 Å². The van der Waals surface area contributed by atoms with Crippen molar-refractivity contribution in [1.82, 2.24) is 15.2 Å². The number of aliphatic carboxylic acids is 1. The topological polar surface area (TPSA) is 121 Å². The average Bonchev–Trinajstić information content (AvgIpc) is 3.27. The molecule has 9 nitrogen and oxygen atoms in total. The standard InChI is InChI=1S/C28H27N3O6S/c1-4-6-23-24-25(37-12-11-36-24)26(38-23)17(5-2)8-10-31(3)16-20-13-19(28(34)35)15-22(30-20)21-14-18(27(32)33)7-9-29-21/h5,7-10,13-15,22,30H,11-12,16H2,1-3H3,(H,32,33)(H,34,35)/b10-8-,17-5+. The van der Waals surface area contributed by atoms with Gasteiger partial charge in [0.05, 0.1) is 34.3 Å². The zero-order valence-electron chi connectivity index (χ0n) is 21.1. The van der Waals surface area contributed by atoms with Crippen molar-refractivity contribution in [2.45, 2.75) is 19.9 Å². The average molecular weight is 534 g/mol. The lowest BCUT2D eigenvalue weighted by atomic mass is 10.0. The minimum Gasteiger partial charge on any atom is -0.485 e.